The van der Waals surface area contributed by atoms with Crippen LogP contribution in [-0.2, 0) is 13.6 Å². The van der Waals surface area contributed by atoms with Crippen molar-refractivity contribution in [3.8, 4) is 11.4 Å². The summed E-state index contributed by atoms with van der Waals surface area (Å²) in [6.45, 7) is 3.48. The highest BCUT2D eigenvalue weighted by Gasteiger charge is 2.29. The second-order valence-corrected chi connectivity index (χ2v) is 6.89. The van der Waals surface area contributed by atoms with Crippen molar-refractivity contribution in [1.29, 1.82) is 0 Å². The Morgan fingerprint density at radius 2 is 2.22 bits per heavy atom. The lowest BCUT2D eigenvalue weighted by Gasteiger charge is -2.25. The van der Waals surface area contributed by atoms with E-state index in [1.54, 1.807) is 12.5 Å². The molecule has 1 aliphatic rings. The molecule has 3 heterocycles. The van der Waals surface area contributed by atoms with E-state index in [-0.39, 0.29) is 12.1 Å². The number of nitrogens with zero attached hydrogens (tertiary/aromatic N) is 6. The van der Waals surface area contributed by atoms with Crippen molar-refractivity contribution in [2.24, 2.45) is 7.05 Å². The molecule has 8 nitrogen and oxygen atoms in total. The molecule has 3 aromatic rings. The van der Waals surface area contributed by atoms with E-state index in [2.05, 4.69) is 20.6 Å². The number of hydrogen-bond acceptors (Lipinski definition) is 4. The van der Waals surface area contributed by atoms with Crippen LogP contribution in [-0.4, -0.2) is 48.1 Å². The molecule has 0 spiro atoms. The maximum atomic E-state index is 12.9. The zero-order chi connectivity index (χ0) is 18.8. The smallest absolute Gasteiger partial charge is 0.320 e. The summed E-state index contributed by atoms with van der Waals surface area (Å²) in [5, 5.41) is 15.5. The summed E-state index contributed by atoms with van der Waals surface area (Å²) in [6, 6.07) is 7.84. The van der Waals surface area contributed by atoms with Gasteiger partial charge in [-0.15, -0.1) is 10.2 Å². The lowest BCUT2D eigenvalue weighted by Crippen LogP contribution is -2.41. The fourth-order valence-corrected chi connectivity index (χ4v) is 3.64. The van der Waals surface area contributed by atoms with Gasteiger partial charge in [-0.3, -0.25) is 4.68 Å². The molecule has 2 aromatic heterocycles. The first-order valence-electron chi connectivity index (χ1n) is 9.12. The summed E-state index contributed by atoms with van der Waals surface area (Å²) in [7, 11) is 1.91. The van der Waals surface area contributed by atoms with Crippen LogP contribution in [0.4, 0.5) is 10.5 Å². The molecule has 0 radical (unpaired) electrons. The minimum absolute atomic E-state index is 0.0668. The minimum Gasteiger partial charge on any atom is -0.320 e. The number of hydrogen-bond donors (Lipinski definition) is 1. The van der Waals surface area contributed by atoms with E-state index in [1.807, 2.05) is 58.6 Å². The molecular formula is C19H23N7O. The number of likely N-dealkylation sites (tertiary alicyclic amines) is 1. The molecule has 0 aliphatic carbocycles. The Balaban J connectivity index is 1.52. The van der Waals surface area contributed by atoms with Crippen molar-refractivity contribution in [1.82, 2.24) is 29.4 Å². The maximum absolute atomic E-state index is 12.9. The largest absolute Gasteiger partial charge is 0.322 e. The Kier molecular flexibility index (Phi) is 4.62. The van der Waals surface area contributed by atoms with Crippen LogP contribution < -0.4 is 5.32 Å². The van der Waals surface area contributed by atoms with Crippen LogP contribution in [0.2, 0.25) is 0 Å². The van der Waals surface area contributed by atoms with E-state index in [0.29, 0.717) is 0 Å². The van der Waals surface area contributed by atoms with Crippen molar-refractivity contribution >= 4 is 11.7 Å². The molecule has 4 rings (SSSR count). The van der Waals surface area contributed by atoms with Crippen LogP contribution >= 0.6 is 0 Å². The Bertz CT molecular complexity index is 931. The summed E-state index contributed by atoms with van der Waals surface area (Å²) in [5.74, 6) is 0.779. The van der Waals surface area contributed by atoms with Gasteiger partial charge in [0.2, 0.25) is 0 Å². The van der Waals surface area contributed by atoms with Gasteiger partial charge in [-0.25, -0.2) is 4.79 Å². The zero-order valence-electron chi connectivity index (χ0n) is 15.5. The predicted octanol–water partition coefficient (Wildman–Crippen LogP) is 2.68. The molecule has 0 saturated carbocycles. The van der Waals surface area contributed by atoms with Crippen molar-refractivity contribution in [2.75, 3.05) is 11.9 Å². The monoisotopic (exact) mass is 365 g/mol. The Morgan fingerprint density at radius 3 is 2.96 bits per heavy atom. The zero-order valence-corrected chi connectivity index (χ0v) is 15.5. The van der Waals surface area contributed by atoms with Crippen LogP contribution in [0.3, 0.4) is 0 Å². The summed E-state index contributed by atoms with van der Waals surface area (Å²) >= 11 is 0. The molecular weight excluding hydrogens is 342 g/mol. The second-order valence-electron chi connectivity index (χ2n) is 6.89. The lowest BCUT2D eigenvalue weighted by molar-refractivity contribution is 0.199. The van der Waals surface area contributed by atoms with Gasteiger partial charge in [0.25, 0.3) is 0 Å². The summed E-state index contributed by atoms with van der Waals surface area (Å²) in [5.41, 5.74) is 2.73. The third-order valence-corrected chi connectivity index (χ3v) is 5.12. The van der Waals surface area contributed by atoms with Gasteiger partial charge < -0.3 is 14.8 Å². The van der Waals surface area contributed by atoms with Gasteiger partial charge in [-0.2, -0.15) is 5.10 Å². The third-order valence-electron chi connectivity index (χ3n) is 5.12. The van der Waals surface area contributed by atoms with E-state index >= 15 is 0 Å². The van der Waals surface area contributed by atoms with Crippen LogP contribution in [0.15, 0.2) is 43.0 Å². The van der Waals surface area contributed by atoms with E-state index in [9.17, 15) is 4.79 Å². The van der Waals surface area contributed by atoms with E-state index in [4.69, 9.17) is 0 Å². The number of anilines is 1. The molecule has 1 aromatic carbocycles. The Morgan fingerprint density at radius 1 is 1.33 bits per heavy atom. The summed E-state index contributed by atoms with van der Waals surface area (Å²) < 4.78 is 3.75. The molecule has 2 amide bonds. The van der Waals surface area contributed by atoms with Gasteiger partial charge in [-0.05, 0) is 37.5 Å². The minimum atomic E-state index is -0.0668. The first kappa shape index (κ1) is 17.3. The number of amides is 2. The van der Waals surface area contributed by atoms with Crippen molar-refractivity contribution < 1.29 is 4.79 Å². The number of nitrogens with one attached hydrogen (secondary N) is 1. The topological polar surface area (TPSA) is 80.9 Å². The maximum Gasteiger partial charge on any atom is 0.322 e. The normalized spacial score (nSPS) is 16.7. The van der Waals surface area contributed by atoms with E-state index in [1.165, 1.54) is 0 Å². The van der Waals surface area contributed by atoms with Gasteiger partial charge in [0.15, 0.2) is 5.82 Å². The summed E-state index contributed by atoms with van der Waals surface area (Å²) in [6.07, 6.45) is 7.37. The van der Waals surface area contributed by atoms with Crippen LogP contribution in [0.5, 0.6) is 0 Å². The highest BCUT2D eigenvalue weighted by molar-refractivity contribution is 5.91. The number of carbonyl (C=O) groups is 1. The molecule has 1 N–H and O–H groups in total. The molecule has 140 valence electrons. The SMILES string of the molecule is Cc1c(NC(=O)N2CCC[C@H]2Cn2cccn2)cccc1-c1nncn1C. The Hall–Kier alpha value is -3.16. The number of carbonyl (C=O) groups excluding carboxylic acids is 1. The molecule has 1 fully saturated rings. The van der Waals surface area contributed by atoms with Crippen molar-refractivity contribution in [3.05, 3.63) is 48.5 Å². The number of aryl methyl sites for hydroxylation is 1. The lowest BCUT2D eigenvalue weighted by atomic mass is 10.1. The fraction of sp³-hybridized carbons (Fsp3) is 0.368. The first-order valence-corrected chi connectivity index (χ1v) is 9.12. The van der Waals surface area contributed by atoms with Gasteiger partial charge in [0.1, 0.15) is 6.33 Å². The Labute approximate surface area is 157 Å². The van der Waals surface area contributed by atoms with Gasteiger partial charge >= 0.3 is 6.03 Å². The first-order chi connectivity index (χ1) is 13.1. The number of urea groups is 1. The quantitative estimate of drug-likeness (QED) is 0.771. The molecule has 8 heteroatoms. The molecule has 1 aliphatic heterocycles. The molecule has 0 bridgehead atoms. The molecule has 1 saturated heterocycles. The van der Waals surface area contributed by atoms with E-state index < -0.39 is 0 Å². The number of aromatic nitrogens is 5. The van der Waals surface area contributed by atoms with Crippen molar-refractivity contribution in [3.63, 3.8) is 0 Å². The number of rotatable bonds is 4. The fourth-order valence-electron chi connectivity index (χ4n) is 3.64. The van der Waals surface area contributed by atoms with Crippen LogP contribution in [0, 0.1) is 6.92 Å². The summed E-state index contributed by atoms with van der Waals surface area (Å²) in [4.78, 5) is 14.8. The predicted molar refractivity (Wildman–Crippen MR) is 102 cm³/mol. The average Bonchev–Trinajstić information content (AvgIpc) is 3.40. The molecule has 0 unspecified atom stereocenters. The van der Waals surface area contributed by atoms with Gasteiger partial charge in [-0.1, -0.05) is 12.1 Å². The molecule has 1 atom stereocenters. The number of benzene rings is 1. The van der Waals surface area contributed by atoms with Crippen molar-refractivity contribution in [2.45, 2.75) is 32.4 Å². The molecule has 27 heavy (non-hydrogen) atoms. The van der Waals surface area contributed by atoms with Gasteiger partial charge in [0, 0.05) is 37.2 Å². The second kappa shape index (κ2) is 7.22. The van der Waals surface area contributed by atoms with Crippen LogP contribution in [0.25, 0.3) is 11.4 Å². The van der Waals surface area contributed by atoms with Crippen LogP contribution in [0.1, 0.15) is 18.4 Å². The van der Waals surface area contributed by atoms with E-state index in [0.717, 1.165) is 48.6 Å². The van der Waals surface area contributed by atoms with Gasteiger partial charge in [0.05, 0.1) is 12.6 Å². The standard InChI is InChI=1S/C19H23N7O/c1-14-16(18-23-20-13-24(18)2)7-3-8-17(14)22-19(27)26-11-4-6-15(26)12-25-10-5-9-21-25/h3,5,7-10,13,15H,4,6,11-12H2,1-2H3,(H,22,27)/t15-/m0/s1. The third kappa shape index (κ3) is 3.42. The average molecular weight is 365 g/mol. The highest BCUT2D eigenvalue weighted by Crippen LogP contribution is 2.28. The highest BCUT2D eigenvalue weighted by atomic mass is 16.2.